The summed E-state index contributed by atoms with van der Waals surface area (Å²) >= 11 is 0. The maximum absolute atomic E-state index is 13.3. The summed E-state index contributed by atoms with van der Waals surface area (Å²) in [6.45, 7) is 11.2. The van der Waals surface area contributed by atoms with Crippen LogP contribution in [-0.4, -0.2) is 20.9 Å². The lowest BCUT2D eigenvalue weighted by Crippen LogP contribution is -2.35. The van der Waals surface area contributed by atoms with Gasteiger partial charge in [0.05, 0.1) is 16.1 Å². The first-order valence-corrected chi connectivity index (χ1v) is 13.4. The minimum Gasteiger partial charge on any atom is -0.457 e. The molecule has 0 aliphatic carbocycles. The van der Waals surface area contributed by atoms with Gasteiger partial charge in [0.25, 0.3) is 10.0 Å². The molecule has 3 aromatic rings. The normalized spacial score (nSPS) is 13.9. The number of hydrogen-bond donors (Lipinski definition) is 0. The van der Waals surface area contributed by atoms with Crippen molar-refractivity contribution in [3.63, 3.8) is 0 Å². The van der Waals surface area contributed by atoms with Crippen LogP contribution in [0.1, 0.15) is 65.4 Å². The monoisotopic (exact) mass is 491 g/mol. The van der Waals surface area contributed by atoms with E-state index in [9.17, 15) is 13.2 Å². The quantitative estimate of drug-likeness (QED) is 0.405. The van der Waals surface area contributed by atoms with Crippen molar-refractivity contribution < 1.29 is 17.9 Å². The van der Waals surface area contributed by atoms with Gasteiger partial charge < -0.3 is 4.74 Å². The van der Waals surface area contributed by atoms with Crippen LogP contribution in [0.3, 0.4) is 0 Å². The van der Waals surface area contributed by atoms with Crippen LogP contribution in [0.25, 0.3) is 0 Å². The van der Waals surface area contributed by atoms with E-state index < -0.39 is 16.0 Å². The number of nitrogens with zero attached hydrogens (tertiary/aromatic N) is 1. The summed E-state index contributed by atoms with van der Waals surface area (Å²) in [5.41, 5.74) is 6.55. The van der Waals surface area contributed by atoms with E-state index in [-0.39, 0.29) is 16.9 Å². The maximum Gasteiger partial charge on any atom is 0.338 e. The van der Waals surface area contributed by atoms with Gasteiger partial charge in [-0.2, -0.15) is 0 Å². The molecule has 0 radical (unpaired) electrons. The second-order valence-corrected chi connectivity index (χ2v) is 12.1. The van der Waals surface area contributed by atoms with Gasteiger partial charge in [-0.15, -0.1) is 0 Å². The molecule has 0 bridgehead atoms. The first-order valence-electron chi connectivity index (χ1n) is 12.0. The molecule has 0 fully saturated rings. The average molecular weight is 492 g/mol. The predicted octanol–water partition coefficient (Wildman–Crippen LogP) is 6.10. The van der Waals surface area contributed by atoms with Crippen molar-refractivity contribution in [3.8, 4) is 0 Å². The summed E-state index contributed by atoms with van der Waals surface area (Å²) < 4.78 is 33.7. The summed E-state index contributed by atoms with van der Waals surface area (Å²) in [7, 11) is -3.72. The second kappa shape index (κ2) is 9.50. The summed E-state index contributed by atoms with van der Waals surface area (Å²) in [4.78, 5) is 12.9. The summed E-state index contributed by atoms with van der Waals surface area (Å²) in [5.74, 6) is -0.476. The maximum atomic E-state index is 13.3. The molecule has 0 aromatic heterocycles. The topological polar surface area (TPSA) is 63.7 Å². The molecule has 6 heteroatoms. The fourth-order valence-electron chi connectivity index (χ4n) is 4.51. The molecule has 35 heavy (non-hydrogen) atoms. The number of ether oxygens (including phenoxy) is 1. The van der Waals surface area contributed by atoms with E-state index >= 15 is 0 Å². The summed E-state index contributed by atoms with van der Waals surface area (Å²) in [6.07, 6.45) is 1.64. The molecule has 1 aliphatic rings. The molecule has 0 saturated carbocycles. The van der Waals surface area contributed by atoms with Crippen LogP contribution in [0.15, 0.2) is 65.6 Å². The van der Waals surface area contributed by atoms with Crippen LogP contribution >= 0.6 is 0 Å². The average Bonchev–Trinajstić information content (AvgIpc) is 2.82. The Hall–Kier alpha value is -3.12. The van der Waals surface area contributed by atoms with Crippen molar-refractivity contribution >= 4 is 21.7 Å². The van der Waals surface area contributed by atoms with Gasteiger partial charge in [-0.1, -0.05) is 51.1 Å². The number of rotatable bonds is 5. The molecule has 3 aromatic carbocycles. The van der Waals surface area contributed by atoms with Gasteiger partial charge in [0, 0.05) is 6.54 Å². The van der Waals surface area contributed by atoms with Crippen molar-refractivity contribution in [1.29, 1.82) is 0 Å². The fraction of sp³-hybridized carbons (Fsp3) is 0.345. The highest BCUT2D eigenvalue weighted by Crippen LogP contribution is 2.32. The Morgan fingerprint density at radius 3 is 2.23 bits per heavy atom. The van der Waals surface area contributed by atoms with Crippen LogP contribution < -0.4 is 4.31 Å². The molecular weight excluding hydrogens is 458 g/mol. The number of aryl methyl sites for hydroxylation is 3. The smallest absolute Gasteiger partial charge is 0.338 e. The van der Waals surface area contributed by atoms with Crippen LogP contribution in [-0.2, 0) is 33.2 Å². The highest BCUT2D eigenvalue weighted by atomic mass is 32.2. The molecule has 184 valence electrons. The third-order valence-electron chi connectivity index (χ3n) is 6.66. The molecule has 0 atom stereocenters. The van der Waals surface area contributed by atoms with Crippen molar-refractivity contribution in [3.05, 3.63) is 94.0 Å². The predicted molar refractivity (Wildman–Crippen MR) is 139 cm³/mol. The Morgan fingerprint density at radius 2 is 1.60 bits per heavy atom. The van der Waals surface area contributed by atoms with E-state index in [1.807, 2.05) is 38.1 Å². The number of benzene rings is 3. The van der Waals surface area contributed by atoms with Crippen molar-refractivity contribution in [2.75, 3.05) is 10.8 Å². The third-order valence-corrected chi connectivity index (χ3v) is 8.48. The number of anilines is 1. The van der Waals surface area contributed by atoms with E-state index in [0.29, 0.717) is 12.1 Å². The molecule has 0 amide bonds. The van der Waals surface area contributed by atoms with Crippen molar-refractivity contribution in [2.45, 2.75) is 64.4 Å². The lowest BCUT2D eigenvalue weighted by molar-refractivity contribution is 0.0471. The zero-order chi connectivity index (χ0) is 25.4. The number of hydrogen-bond acceptors (Lipinski definition) is 4. The molecule has 1 heterocycles. The SMILES string of the molecule is Cc1cc(C(C)(C)C)cc(C)c1COC(=O)c1ccc(S(=O)(=O)N2CCCc3ccccc32)cc1. The van der Waals surface area contributed by atoms with Gasteiger partial charge in [0.1, 0.15) is 6.61 Å². The van der Waals surface area contributed by atoms with Gasteiger partial charge in [0.15, 0.2) is 0 Å². The lowest BCUT2D eigenvalue weighted by atomic mass is 9.84. The summed E-state index contributed by atoms with van der Waals surface area (Å²) in [6, 6.07) is 17.9. The van der Waals surface area contributed by atoms with E-state index in [2.05, 4.69) is 32.9 Å². The largest absolute Gasteiger partial charge is 0.457 e. The molecule has 0 unspecified atom stereocenters. The van der Waals surface area contributed by atoms with E-state index in [0.717, 1.165) is 40.8 Å². The van der Waals surface area contributed by atoms with Crippen molar-refractivity contribution in [2.24, 2.45) is 0 Å². The second-order valence-electron chi connectivity index (χ2n) is 10.2. The first-order chi connectivity index (χ1) is 16.5. The molecule has 5 nitrogen and oxygen atoms in total. The zero-order valence-electron chi connectivity index (χ0n) is 21.1. The van der Waals surface area contributed by atoms with Crippen molar-refractivity contribution in [1.82, 2.24) is 0 Å². The highest BCUT2D eigenvalue weighted by molar-refractivity contribution is 7.92. The Morgan fingerprint density at radius 1 is 0.971 bits per heavy atom. The number of fused-ring (bicyclic) bond motifs is 1. The Labute approximate surface area is 208 Å². The highest BCUT2D eigenvalue weighted by Gasteiger charge is 2.29. The number of esters is 1. The van der Waals surface area contributed by atoms with Crippen LogP contribution in [0.5, 0.6) is 0 Å². The van der Waals surface area contributed by atoms with Gasteiger partial charge in [-0.05, 0) is 90.3 Å². The van der Waals surface area contributed by atoms with Crippen LogP contribution in [0.2, 0.25) is 0 Å². The van der Waals surface area contributed by atoms with Gasteiger partial charge >= 0.3 is 5.97 Å². The number of para-hydroxylation sites is 1. The minimum absolute atomic E-state index is 0.0447. The fourth-order valence-corrected chi connectivity index (χ4v) is 6.06. The standard InChI is InChI=1S/C29H33NO4S/c1-20-17-24(29(3,4)5)18-21(2)26(20)19-34-28(31)23-12-14-25(15-13-23)35(32,33)30-16-8-10-22-9-6-7-11-27(22)30/h6-7,9,11-15,17-18H,8,10,16,19H2,1-5H3. The van der Waals surface area contributed by atoms with Crippen LogP contribution in [0.4, 0.5) is 5.69 Å². The number of carbonyl (C=O) groups excluding carboxylic acids is 1. The van der Waals surface area contributed by atoms with E-state index in [1.54, 1.807) is 0 Å². The Balaban J connectivity index is 1.49. The molecule has 0 saturated heterocycles. The van der Waals surface area contributed by atoms with Crippen LogP contribution in [0, 0.1) is 13.8 Å². The zero-order valence-corrected chi connectivity index (χ0v) is 21.9. The molecular formula is C29H33NO4S. The van der Waals surface area contributed by atoms with Gasteiger partial charge in [0.2, 0.25) is 0 Å². The molecule has 0 spiro atoms. The van der Waals surface area contributed by atoms with E-state index in [1.165, 1.54) is 34.1 Å². The Kier molecular flexibility index (Phi) is 6.78. The summed E-state index contributed by atoms with van der Waals surface area (Å²) in [5, 5.41) is 0. The van der Waals surface area contributed by atoms with E-state index in [4.69, 9.17) is 4.74 Å². The first kappa shape index (κ1) is 25.0. The lowest BCUT2D eigenvalue weighted by Gasteiger charge is -2.30. The molecule has 4 rings (SSSR count). The third kappa shape index (κ3) is 5.13. The minimum atomic E-state index is -3.72. The molecule has 1 aliphatic heterocycles. The number of sulfonamides is 1. The molecule has 0 N–H and O–H groups in total. The number of carbonyl (C=O) groups is 1. The van der Waals surface area contributed by atoms with Gasteiger partial charge in [-0.25, -0.2) is 13.2 Å². The van der Waals surface area contributed by atoms with Gasteiger partial charge in [-0.3, -0.25) is 4.31 Å². The Bertz CT molecular complexity index is 1330.